The largest absolute Gasteiger partial charge is 0.443 e. The lowest BCUT2D eigenvalue weighted by molar-refractivity contribution is 0.0555. The molecule has 0 aromatic carbocycles. The third-order valence-corrected chi connectivity index (χ3v) is 5.98. The Hall–Kier alpha value is -4.53. The minimum Gasteiger partial charge on any atom is -0.443 e. The van der Waals surface area contributed by atoms with Crippen LogP contribution in [-0.4, -0.2) is 54.0 Å². The number of alkyl carbamates (subject to hydrolysis) is 1. The molecule has 184 valence electrons. The molecule has 0 saturated heterocycles. The summed E-state index contributed by atoms with van der Waals surface area (Å²) in [4.78, 5) is 24.9. The highest BCUT2D eigenvalue weighted by Gasteiger charge is 2.41. The first-order valence-corrected chi connectivity index (χ1v) is 11.5. The Morgan fingerprint density at radius 1 is 1.36 bits per heavy atom. The fourth-order valence-electron chi connectivity index (χ4n) is 4.33. The van der Waals surface area contributed by atoms with Gasteiger partial charge < -0.3 is 15.4 Å². The van der Waals surface area contributed by atoms with Gasteiger partial charge in [-0.2, -0.15) is 10.4 Å². The van der Waals surface area contributed by atoms with E-state index in [-0.39, 0.29) is 11.7 Å². The monoisotopic (exact) mass is 489 g/mol. The maximum absolute atomic E-state index is 15.1. The van der Waals surface area contributed by atoms with Crippen molar-refractivity contribution in [3.8, 4) is 17.2 Å². The summed E-state index contributed by atoms with van der Waals surface area (Å²) in [6, 6.07) is 7.37. The molecule has 1 aliphatic carbocycles. The lowest BCUT2D eigenvalue weighted by Crippen LogP contribution is -2.36. The molecule has 4 heterocycles. The van der Waals surface area contributed by atoms with E-state index in [9.17, 15) is 10.1 Å². The second kappa shape index (κ2) is 9.61. The summed E-state index contributed by atoms with van der Waals surface area (Å²) in [5.41, 5.74) is 2.89. The number of fused-ring (bicyclic) bond motifs is 1. The zero-order valence-corrected chi connectivity index (χ0v) is 19.6. The molecule has 0 radical (unpaired) electrons. The van der Waals surface area contributed by atoms with Crippen LogP contribution < -0.4 is 10.6 Å². The molecule has 3 N–H and O–H groups in total. The van der Waals surface area contributed by atoms with Crippen molar-refractivity contribution >= 4 is 23.5 Å². The minimum atomic E-state index is -1.35. The Labute approximate surface area is 205 Å². The van der Waals surface area contributed by atoms with Crippen LogP contribution in [0, 0.1) is 11.3 Å². The third-order valence-electron chi connectivity index (χ3n) is 5.98. The molecule has 36 heavy (non-hydrogen) atoms. The fraction of sp³-hybridized carbons (Fsp3) is 0.333. The Bertz CT molecular complexity index is 1430. The lowest BCUT2D eigenvalue weighted by Gasteiger charge is -2.18. The van der Waals surface area contributed by atoms with Crippen molar-refractivity contribution in [1.82, 2.24) is 34.9 Å². The zero-order chi connectivity index (χ0) is 25.2. The summed E-state index contributed by atoms with van der Waals surface area (Å²) >= 11 is 0. The Kier molecular flexibility index (Phi) is 6.20. The lowest BCUT2D eigenvalue weighted by atomic mass is 10.0. The first-order valence-electron chi connectivity index (χ1n) is 11.5. The van der Waals surface area contributed by atoms with Gasteiger partial charge in [0.2, 0.25) is 5.95 Å². The van der Waals surface area contributed by atoms with Gasteiger partial charge in [0.15, 0.2) is 17.2 Å². The number of imidazole rings is 1. The van der Waals surface area contributed by atoms with Gasteiger partial charge in [0, 0.05) is 53.4 Å². The molecule has 0 aliphatic heterocycles. The number of aromatic nitrogens is 6. The molecule has 1 amide bonds. The topological polar surface area (TPSA) is 146 Å². The van der Waals surface area contributed by atoms with Gasteiger partial charge in [-0.05, 0) is 32.8 Å². The normalized spacial score (nSPS) is 19.4. The standard InChI is InChI=1S/C24H24FN9O2/c1-13(2)29-24(35)36-19-6-5-16(21(19)25)18-8-20(33-32-18)31-23-28-11-17(14-4-3-7-27-10-14)22-30-15(9-26)12-34(22)23/h3-4,7-8,10-13,16,19,21H,5-6H2,1-2H3,(H,29,35)(H2,28,31,32,33)/t16-,19-,21-/m0/s1. The average molecular weight is 490 g/mol. The summed E-state index contributed by atoms with van der Waals surface area (Å²) in [7, 11) is 0. The van der Waals surface area contributed by atoms with Crippen molar-refractivity contribution in [3.63, 3.8) is 0 Å². The first kappa shape index (κ1) is 23.2. The Balaban J connectivity index is 1.35. The summed E-state index contributed by atoms with van der Waals surface area (Å²) in [5.74, 6) is 0.331. The Morgan fingerprint density at radius 3 is 2.97 bits per heavy atom. The number of carbonyl (C=O) groups is 1. The van der Waals surface area contributed by atoms with Crippen LogP contribution in [0.15, 0.2) is 43.0 Å². The highest BCUT2D eigenvalue weighted by molar-refractivity contribution is 5.78. The second-order valence-electron chi connectivity index (χ2n) is 8.87. The molecular formula is C24H24FN9O2. The van der Waals surface area contributed by atoms with E-state index in [1.54, 1.807) is 35.3 Å². The summed E-state index contributed by atoms with van der Waals surface area (Å²) in [5, 5.41) is 22.3. The number of nitriles is 1. The molecule has 3 atom stereocenters. The number of ether oxygens (including phenoxy) is 1. The van der Waals surface area contributed by atoms with Crippen molar-refractivity contribution in [2.75, 3.05) is 5.32 Å². The van der Waals surface area contributed by atoms with E-state index >= 15 is 4.39 Å². The minimum absolute atomic E-state index is 0.0905. The van der Waals surface area contributed by atoms with E-state index in [1.807, 2.05) is 26.0 Å². The van der Waals surface area contributed by atoms with Gasteiger partial charge in [0.25, 0.3) is 0 Å². The number of halogens is 1. The number of rotatable bonds is 6. The first-order chi connectivity index (χ1) is 17.4. The number of aromatic amines is 1. The molecule has 0 spiro atoms. The summed E-state index contributed by atoms with van der Waals surface area (Å²) in [6.45, 7) is 3.62. The van der Waals surface area contributed by atoms with Crippen LogP contribution in [-0.2, 0) is 4.74 Å². The van der Waals surface area contributed by atoms with Crippen LogP contribution in [0.1, 0.15) is 44.0 Å². The summed E-state index contributed by atoms with van der Waals surface area (Å²) < 4.78 is 22.0. The zero-order valence-electron chi connectivity index (χ0n) is 19.6. The maximum atomic E-state index is 15.1. The number of hydrogen-bond acceptors (Lipinski definition) is 8. The number of pyridine rings is 1. The number of H-pyrrole nitrogens is 1. The van der Waals surface area contributed by atoms with Crippen molar-refractivity contribution in [2.45, 2.75) is 50.9 Å². The van der Waals surface area contributed by atoms with Gasteiger partial charge in [-0.3, -0.25) is 14.5 Å². The third kappa shape index (κ3) is 4.55. The molecular weight excluding hydrogens is 465 g/mol. The number of anilines is 2. The Morgan fingerprint density at radius 2 is 2.22 bits per heavy atom. The molecule has 1 saturated carbocycles. The number of alkyl halides is 1. The fourth-order valence-corrected chi connectivity index (χ4v) is 4.33. The molecule has 11 nitrogen and oxygen atoms in total. The van der Waals surface area contributed by atoms with Crippen molar-refractivity contribution in [1.29, 1.82) is 5.26 Å². The predicted molar refractivity (Wildman–Crippen MR) is 128 cm³/mol. The van der Waals surface area contributed by atoms with Crippen LogP contribution >= 0.6 is 0 Å². The smallest absolute Gasteiger partial charge is 0.407 e. The van der Waals surface area contributed by atoms with Gasteiger partial charge in [0.05, 0.1) is 6.20 Å². The second-order valence-corrected chi connectivity index (χ2v) is 8.87. The van der Waals surface area contributed by atoms with Crippen molar-refractivity contribution in [2.24, 2.45) is 0 Å². The van der Waals surface area contributed by atoms with Gasteiger partial charge in [-0.15, -0.1) is 0 Å². The van der Waals surface area contributed by atoms with Gasteiger partial charge in [0.1, 0.15) is 18.3 Å². The number of hydrogen-bond donors (Lipinski definition) is 3. The van der Waals surface area contributed by atoms with Crippen LogP contribution in [0.5, 0.6) is 0 Å². The van der Waals surface area contributed by atoms with Gasteiger partial charge in [-0.1, -0.05) is 6.07 Å². The molecule has 1 aliphatic rings. The molecule has 12 heteroatoms. The van der Waals surface area contributed by atoms with Crippen LogP contribution in [0.4, 0.5) is 21.0 Å². The molecule has 1 fully saturated rings. The van der Waals surface area contributed by atoms with Crippen molar-refractivity contribution in [3.05, 3.63) is 54.4 Å². The van der Waals surface area contributed by atoms with Crippen LogP contribution in [0.2, 0.25) is 0 Å². The van der Waals surface area contributed by atoms with Crippen LogP contribution in [0.25, 0.3) is 16.8 Å². The molecule has 0 unspecified atom stereocenters. The number of nitrogens with zero attached hydrogens (tertiary/aromatic N) is 6. The van der Waals surface area contributed by atoms with E-state index in [0.717, 1.165) is 11.1 Å². The van der Waals surface area contributed by atoms with Crippen LogP contribution in [0.3, 0.4) is 0 Å². The summed E-state index contributed by atoms with van der Waals surface area (Å²) in [6.07, 6.45) is 4.74. The van der Waals surface area contributed by atoms with Gasteiger partial charge >= 0.3 is 6.09 Å². The predicted octanol–water partition coefficient (Wildman–Crippen LogP) is 3.85. The molecule has 5 rings (SSSR count). The molecule has 4 aromatic heterocycles. The van der Waals surface area contributed by atoms with Crippen molar-refractivity contribution < 1.29 is 13.9 Å². The van der Waals surface area contributed by atoms with E-state index in [2.05, 4.69) is 41.9 Å². The molecule has 4 aromatic rings. The SMILES string of the molecule is CC(C)NC(=O)O[C@H]1CC[C@@H](c2cc(Nc3ncc(-c4cccnc4)c4nc(C#N)cn34)n[nH]2)[C@@H]1F. The highest BCUT2D eigenvalue weighted by Crippen LogP contribution is 2.38. The van der Waals surface area contributed by atoms with E-state index < -0.39 is 24.3 Å². The van der Waals surface area contributed by atoms with E-state index in [4.69, 9.17) is 4.74 Å². The maximum Gasteiger partial charge on any atom is 0.407 e. The van der Waals surface area contributed by atoms with Gasteiger partial charge in [-0.25, -0.2) is 19.2 Å². The molecule has 0 bridgehead atoms. The number of nitrogens with one attached hydrogen (secondary N) is 3. The van der Waals surface area contributed by atoms with E-state index in [0.29, 0.717) is 35.9 Å². The quantitative estimate of drug-likeness (QED) is 0.370. The number of carbonyl (C=O) groups excluding carboxylic acids is 1. The highest BCUT2D eigenvalue weighted by atomic mass is 19.1. The van der Waals surface area contributed by atoms with E-state index in [1.165, 1.54) is 0 Å². The number of amides is 1. The average Bonchev–Trinajstić information content (AvgIpc) is 3.59.